The topological polar surface area (TPSA) is 47.6 Å². The molecule has 1 N–H and O–H groups in total. The smallest absolute Gasteiger partial charge is 0.251 e. The van der Waals surface area contributed by atoms with Crippen molar-refractivity contribution in [3.63, 3.8) is 0 Å². The number of amides is 1. The van der Waals surface area contributed by atoms with E-state index in [1.807, 2.05) is 6.07 Å². The van der Waals surface area contributed by atoms with Gasteiger partial charge in [0.05, 0.1) is 6.61 Å². The number of methoxy groups -OCH3 is 1. The molecular weight excluding hydrogens is 297 g/mol. The number of halogens is 1. The third kappa shape index (κ3) is 4.29. The molecule has 1 amide bonds. The van der Waals surface area contributed by atoms with E-state index in [0.29, 0.717) is 29.0 Å². The van der Waals surface area contributed by atoms with Gasteiger partial charge >= 0.3 is 0 Å². The van der Waals surface area contributed by atoms with Crippen LogP contribution in [0.1, 0.15) is 27.6 Å². The Morgan fingerprint density at radius 1 is 1.22 bits per heavy atom. The summed E-state index contributed by atoms with van der Waals surface area (Å²) < 4.78 is 24.8. The summed E-state index contributed by atoms with van der Waals surface area (Å²) in [5, 5.41) is 2.56. The fourth-order valence-corrected chi connectivity index (χ4v) is 2.15. The van der Waals surface area contributed by atoms with Crippen LogP contribution < -0.4 is 10.1 Å². The van der Waals surface area contributed by atoms with Gasteiger partial charge in [0.2, 0.25) is 0 Å². The molecule has 0 aromatic heterocycles. The van der Waals surface area contributed by atoms with E-state index in [9.17, 15) is 9.18 Å². The molecule has 2 rings (SSSR count). The molecule has 0 saturated heterocycles. The van der Waals surface area contributed by atoms with E-state index in [4.69, 9.17) is 9.47 Å². The molecule has 0 aliphatic carbocycles. The van der Waals surface area contributed by atoms with Gasteiger partial charge in [-0.05, 0) is 48.4 Å². The maximum Gasteiger partial charge on any atom is 0.251 e. The summed E-state index contributed by atoms with van der Waals surface area (Å²) in [5.41, 5.74) is 1.83. The van der Waals surface area contributed by atoms with Crippen LogP contribution in [-0.2, 0) is 4.74 Å². The molecule has 0 saturated carbocycles. The lowest BCUT2D eigenvalue weighted by molar-refractivity contribution is 0.0807. The largest absolute Gasteiger partial charge is 0.483 e. The van der Waals surface area contributed by atoms with Crippen LogP contribution >= 0.6 is 0 Å². The molecular formula is C18H20FNO3. The normalized spacial score (nSPS) is 11.8. The third-order valence-corrected chi connectivity index (χ3v) is 3.51. The Morgan fingerprint density at radius 2 is 1.91 bits per heavy atom. The highest BCUT2D eigenvalue weighted by atomic mass is 19.1. The van der Waals surface area contributed by atoms with Crippen LogP contribution in [0, 0.1) is 12.7 Å². The molecule has 0 aliphatic heterocycles. The second-order valence-corrected chi connectivity index (χ2v) is 5.17. The molecule has 0 fully saturated rings. The maximum absolute atomic E-state index is 13.8. The van der Waals surface area contributed by atoms with Crippen molar-refractivity contribution in [1.82, 2.24) is 5.32 Å². The Balaban J connectivity index is 2.18. The van der Waals surface area contributed by atoms with E-state index in [1.54, 1.807) is 51.4 Å². The van der Waals surface area contributed by atoms with Crippen molar-refractivity contribution in [2.24, 2.45) is 0 Å². The molecule has 2 aromatic rings. The van der Waals surface area contributed by atoms with Gasteiger partial charge in [-0.15, -0.1) is 0 Å². The Morgan fingerprint density at radius 3 is 2.48 bits per heavy atom. The molecule has 0 bridgehead atoms. The minimum Gasteiger partial charge on any atom is -0.483 e. The van der Waals surface area contributed by atoms with Crippen molar-refractivity contribution in [3.8, 4) is 5.75 Å². The minimum atomic E-state index is -0.430. The lowest BCUT2D eigenvalue weighted by Crippen LogP contribution is -2.17. The van der Waals surface area contributed by atoms with Crippen LogP contribution in [0.2, 0.25) is 0 Å². The first-order chi connectivity index (χ1) is 11.0. The zero-order chi connectivity index (χ0) is 16.8. The van der Waals surface area contributed by atoms with E-state index in [-0.39, 0.29) is 11.7 Å². The molecule has 4 nitrogen and oxygen atoms in total. The second-order valence-electron chi connectivity index (χ2n) is 5.17. The first-order valence-corrected chi connectivity index (χ1v) is 7.29. The van der Waals surface area contributed by atoms with Gasteiger partial charge in [-0.2, -0.15) is 0 Å². The van der Waals surface area contributed by atoms with Gasteiger partial charge < -0.3 is 14.8 Å². The zero-order valence-corrected chi connectivity index (χ0v) is 13.4. The maximum atomic E-state index is 13.8. The highest BCUT2D eigenvalue weighted by molar-refractivity contribution is 5.94. The number of nitrogens with one attached hydrogen (secondary N) is 1. The molecule has 0 radical (unpaired) electrons. The minimum absolute atomic E-state index is 0.161. The van der Waals surface area contributed by atoms with Gasteiger partial charge in [0.15, 0.2) is 0 Å². The summed E-state index contributed by atoms with van der Waals surface area (Å²) in [6, 6.07) is 11.8. The van der Waals surface area contributed by atoms with Crippen molar-refractivity contribution < 1.29 is 18.7 Å². The van der Waals surface area contributed by atoms with Crippen LogP contribution in [0.15, 0.2) is 42.5 Å². The van der Waals surface area contributed by atoms with Crippen LogP contribution in [0.5, 0.6) is 5.75 Å². The number of rotatable bonds is 6. The van der Waals surface area contributed by atoms with Crippen molar-refractivity contribution in [1.29, 1.82) is 0 Å². The van der Waals surface area contributed by atoms with Gasteiger partial charge in [0.1, 0.15) is 17.7 Å². The van der Waals surface area contributed by atoms with Crippen LogP contribution in [0.25, 0.3) is 0 Å². The van der Waals surface area contributed by atoms with Gasteiger partial charge in [-0.25, -0.2) is 4.39 Å². The summed E-state index contributed by atoms with van der Waals surface area (Å²) in [5.74, 6) is 0.147. The highest BCUT2D eigenvalue weighted by Crippen LogP contribution is 2.24. The summed E-state index contributed by atoms with van der Waals surface area (Å²) in [6.45, 7) is 2.00. The first kappa shape index (κ1) is 17.0. The van der Waals surface area contributed by atoms with Crippen LogP contribution in [-0.4, -0.2) is 26.7 Å². The molecule has 2 aromatic carbocycles. The van der Waals surface area contributed by atoms with Gasteiger partial charge in [0.25, 0.3) is 5.91 Å². The lowest BCUT2D eigenvalue weighted by Gasteiger charge is -2.19. The van der Waals surface area contributed by atoms with E-state index in [2.05, 4.69) is 5.32 Å². The standard InChI is InChI=1S/C18H20FNO3/c1-12-4-5-14(10-16(12)19)17(11-22-3)23-15-8-6-13(7-9-15)18(21)20-2/h4-10,17H,11H2,1-3H3,(H,20,21). The van der Waals surface area contributed by atoms with Crippen molar-refractivity contribution in [2.45, 2.75) is 13.0 Å². The number of carbonyl (C=O) groups is 1. The van der Waals surface area contributed by atoms with Crippen LogP contribution in [0.4, 0.5) is 4.39 Å². The molecule has 1 unspecified atom stereocenters. The van der Waals surface area contributed by atoms with Crippen molar-refractivity contribution in [2.75, 3.05) is 20.8 Å². The molecule has 0 spiro atoms. The first-order valence-electron chi connectivity index (χ1n) is 7.29. The monoisotopic (exact) mass is 317 g/mol. The number of aryl methyl sites for hydroxylation is 1. The highest BCUT2D eigenvalue weighted by Gasteiger charge is 2.15. The lowest BCUT2D eigenvalue weighted by atomic mass is 10.1. The summed E-state index contributed by atoms with van der Waals surface area (Å²) in [7, 11) is 3.14. The predicted octanol–water partition coefficient (Wildman–Crippen LogP) is 3.26. The van der Waals surface area contributed by atoms with Gasteiger partial charge in [-0.1, -0.05) is 12.1 Å². The second kappa shape index (κ2) is 7.74. The predicted molar refractivity (Wildman–Crippen MR) is 86.2 cm³/mol. The molecule has 1 atom stereocenters. The molecule has 0 aliphatic rings. The third-order valence-electron chi connectivity index (χ3n) is 3.51. The van der Waals surface area contributed by atoms with Gasteiger partial charge in [-0.3, -0.25) is 4.79 Å². The average Bonchev–Trinajstić information content (AvgIpc) is 2.57. The number of carbonyl (C=O) groups excluding carboxylic acids is 1. The quantitative estimate of drug-likeness (QED) is 0.889. The van der Waals surface area contributed by atoms with Gasteiger partial charge in [0, 0.05) is 19.7 Å². The molecule has 0 heterocycles. The van der Waals surface area contributed by atoms with E-state index in [0.717, 1.165) is 0 Å². The zero-order valence-electron chi connectivity index (χ0n) is 13.4. The molecule has 122 valence electrons. The molecule has 23 heavy (non-hydrogen) atoms. The number of hydrogen-bond acceptors (Lipinski definition) is 3. The number of benzene rings is 2. The van der Waals surface area contributed by atoms with E-state index in [1.165, 1.54) is 6.07 Å². The molecule has 5 heteroatoms. The fraction of sp³-hybridized carbons (Fsp3) is 0.278. The van der Waals surface area contributed by atoms with E-state index < -0.39 is 6.10 Å². The SMILES string of the molecule is CNC(=O)c1ccc(OC(COC)c2ccc(C)c(F)c2)cc1. The van der Waals surface area contributed by atoms with Crippen molar-refractivity contribution >= 4 is 5.91 Å². The average molecular weight is 317 g/mol. The Hall–Kier alpha value is -2.40. The summed E-state index contributed by atoms with van der Waals surface area (Å²) in [6.07, 6.45) is -0.430. The fourth-order valence-electron chi connectivity index (χ4n) is 2.15. The van der Waals surface area contributed by atoms with Crippen LogP contribution in [0.3, 0.4) is 0 Å². The van der Waals surface area contributed by atoms with E-state index >= 15 is 0 Å². The Kier molecular flexibility index (Phi) is 5.71. The Labute approximate surface area is 135 Å². The number of ether oxygens (including phenoxy) is 2. The summed E-state index contributed by atoms with van der Waals surface area (Å²) in [4.78, 5) is 11.5. The Bertz CT molecular complexity index is 670. The van der Waals surface area contributed by atoms with Crippen molar-refractivity contribution in [3.05, 3.63) is 65.0 Å². The summed E-state index contributed by atoms with van der Waals surface area (Å²) >= 11 is 0. The number of hydrogen-bond donors (Lipinski definition) is 1.